The highest BCUT2D eigenvalue weighted by Crippen LogP contribution is 2.54. The van der Waals surface area contributed by atoms with Crippen molar-refractivity contribution in [3.05, 3.63) is 88.8 Å². The minimum absolute atomic E-state index is 0.116. The van der Waals surface area contributed by atoms with Gasteiger partial charge in [-0.2, -0.15) is 10.4 Å². The molecule has 6 nitrogen and oxygen atoms in total. The van der Waals surface area contributed by atoms with Crippen LogP contribution in [-0.2, 0) is 16.6 Å². The predicted molar refractivity (Wildman–Crippen MR) is 129 cm³/mol. The summed E-state index contributed by atoms with van der Waals surface area (Å²) in [4.78, 5) is 22.8. The van der Waals surface area contributed by atoms with Gasteiger partial charge in [-0.05, 0) is 49.5 Å². The Morgan fingerprint density at radius 2 is 1.97 bits per heavy atom. The number of rotatable bonds is 2. The number of nitrogens with one attached hydrogen (secondary N) is 1. The molecule has 0 spiro atoms. The summed E-state index contributed by atoms with van der Waals surface area (Å²) >= 11 is 0. The van der Waals surface area contributed by atoms with Gasteiger partial charge >= 0.3 is 0 Å². The van der Waals surface area contributed by atoms with E-state index in [2.05, 4.69) is 16.3 Å². The maximum Gasteiger partial charge on any atom is 0.176 e. The lowest BCUT2D eigenvalue weighted by Gasteiger charge is -2.48. The Morgan fingerprint density at radius 3 is 2.74 bits per heavy atom. The van der Waals surface area contributed by atoms with Gasteiger partial charge in [-0.3, -0.25) is 9.89 Å². The van der Waals surface area contributed by atoms with Gasteiger partial charge in [0.2, 0.25) is 0 Å². The van der Waals surface area contributed by atoms with Crippen molar-refractivity contribution in [1.82, 2.24) is 20.2 Å². The van der Waals surface area contributed by atoms with Crippen LogP contribution in [0.1, 0.15) is 36.0 Å². The number of ketones is 1. The second kappa shape index (κ2) is 7.67. The van der Waals surface area contributed by atoms with E-state index in [0.717, 1.165) is 39.0 Å². The van der Waals surface area contributed by atoms with Gasteiger partial charge in [-0.1, -0.05) is 37.3 Å². The predicted octanol–water partition coefficient (Wildman–Crippen LogP) is 4.98. The van der Waals surface area contributed by atoms with Crippen molar-refractivity contribution in [2.75, 3.05) is 0 Å². The van der Waals surface area contributed by atoms with Crippen LogP contribution in [0.4, 0.5) is 4.39 Å². The summed E-state index contributed by atoms with van der Waals surface area (Å²) in [5.41, 5.74) is 4.51. The molecule has 2 aliphatic rings. The molecule has 0 saturated heterocycles. The van der Waals surface area contributed by atoms with Crippen molar-refractivity contribution in [3.8, 4) is 17.3 Å². The molecule has 2 aliphatic carbocycles. The number of nitriles is 1. The number of aromatic nitrogens is 4. The number of para-hydroxylation sites is 1. The minimum atomic E-state index is -0.843. The molecule has 0 unspecified atom stereocenters. The van der Waals surface area contributed by atoms with Crippen molar-refractivity contribution in [1.29, 1.82) is 5.26 Å². The number of carbonyl (C=O) groups excluding carboxylic acids is 1. The number of aromatic amines is 1. The van der Waals surface area contributed by atoms with E-state index in [0.29, 0.717) is 18.7 Å². The Hall–Kier alpha value is -4.18. The van der Waals surface area contributed by atoms with Gasteiger partial charge in [0.05, 0.1) is 34.1 Å². The van der Waals surface area contributed by atoms with Crippen LogP contribution in [0.25, 0.3) is 22.2 Å². The van der Waals surface area contributed by atoms with Gasteiger partial charge in [0.1, 0.15) is 17.7 Å². The zero-order valence-electron chi connectivity index (χ0n) is 19.3. The molecule has 0 fully saturated rings. The van der Waals surface area contributed by atoms with Crippen molar-refractivity contribution >= 4 is 16.7 Å². The number of Topliss-reactive ketones (excluding diaryl/α,β-unsaturated/α-hetero) is 1. The molecule has 2 aromatic heterocycles. The number of halogens is 1. The molecular formula is C28H22FN5O. The zero-order valence-corrected chi connectivity index (χ0v) is 19.3. The van der Waals surface area contributed by atoms with Gasteiger partial charge in [0.25, 0.3) is 0 Å². The maximum atomic E-state index is 14.0. The van der Waals surface area contributed by atoms with Gasteiger partial charge in [-0.25, -0.2) is 14.4 Å². The van der Waals surface area contributed by atoms with Gasteiger partial charge in [0.15, 0.2) is 5.78 Å². The molecule has 0 radical (unpaired) electrons. The van der Waals surface area contributed by atoms with E-state index < -0.39 is 5.41 Å². The van der Waals surface area contributed by atoms with Crippen molar-refractivity contribution in [2.45, 2.75) is 32.1 Å². The van der Waals surface area contributed by atoms with E-state index in [1.54, 1.807) is 24.4 Å². The van der Waals surface area contributed by atoms with Crippen LogP contribution in [0, 0.1) is 35.9 Å². The van der Waals surface area contributed by atoms with E-state index in [4.69, 9.17) is 9.97 Å². The SMILES string of the molecule is Cc1nc(-c2cccc3cn[nH]c23)c2c(n1)[C@@]1(c3ccc(F)cc3)C=C(C#N)C(=O)[C@@H](C)[C@@H]1CC2. The van der Waals surface area contributed by atoms with Crippen LogP contribution >= 0.6 is 0 Å². The summed E-state index contributed by atoms with van der Waals surface area (Å²) in [5, 5.41) is 18.1. The second-order valence-electron chi connectivity index (χ2n) is 9.43. The molecule has 2 heterocycles. The smallest absolute Gasteiger partial charge is 0.176 e. The summed E-state index contributed by atoms with van der Waals surface area (Å²) < 4.78 is 14.0. The molecule has 7 heteroatoms. The summed E-state index contributed by atoms with van der Waals surface area (Å²) in [6.07, 6.45) is 4.96. The van der Waals surface area contributed by atoms with E-state index in [1.165, 1.54) is 12.1 Å². The Balaban J connectivity index is 1.72. The second-order valence-corrected chi connectivity index (χ2v) is 9.43. The fourth-order valence-corrected chi connectivity index (χ4v) is 6.06. The van der Waals surface area contributed by atoms with Crippen LogP contribution in [0.5, 0.6) is 0 Å². The van der Waals surface area contributed by atoms with Crippen molar-refractivity contribution < 1.29 is 9.18 Å². The van der Waals surface area contributed by atoms with E-state index >= 15 is 0 Å². The number of carbonyl (C=O) groups is 1. The first-order valence-electron chi connectivity index (χ1n) is 11.7. The molecule has 6 rings (SSSR count). The van der Waals surface area contributed by atoms with Crippen LogP contribution in [0.3, 0.4) is 0 Å². The Kier molecular flexibility index (Phi) is 4.68. The van der Waals surface area contributed by atoms with E-state index in [-0.39, 0.29) is 29.0 Å². The third-order valence-corrected chi connectivity index (χ3v) is 7.63. The monoisotopic (exact) mass is 463 g/mol. The van der Waals surface area contributed by atoms with Crippen LogP contribution in [0.2, 0.25) is 0 Å². The summed E-state index contributed by atoms with van der Waals surface area (Å²) in [6.45, 7) is 3.74. The molecule has 0 saturated carbocycles. The van der Waals surface area contributed by atoms with Crippen LogP contribution < -0.4 is 0 Å². The molecule has 0 bridgehead atoms. The molecule has 1 N–H and O–H groups in total. The number of hydrogen-bond donors (Lipinski definition) is 1. The number of nitrogens with zero attached hydrogens (tertiary/aromatic N) is 4. The highest BCUT2D eigenvalue weighted by Gasteiger charge is 2.53. The molecule has 4 aromatic rings. The first-order valence-corrected chi connectivity index (χ1v) is 11.7. The lowest BCUT2D eigenvalue weighted by atomic mass is 9.54. The zero-order chi connectivity index (χ0) is 24.3. The van der Waals surface area contributed by atoms with Gasteiger partial charge < -0.3 is 0 Å². The number of aryl methyl sites for hydroxylation is 1. The van der Waals surface area contributed by atoms with Crippen molar-refractivity contribution in [2.24, 2.45) is 11.8 Å². The van der Waals surface area contributed by atoms with Crippen LogP contribution in [0.15, 0.2) is 60.3 Å². The highest BCUT2D eigenvalue weighted by atomic mass is 19.1. The van der Waals surface area contributed by atoms with E-state index in [1.807, 2.05) is 32.0 Å². The van der Waals surface area contributed by atoms with Crippen LogP contribution in [-0.4, -0.2) is 25.9 Å². The molecule has 2 aromatic carbocycles. The Morgan fingerprint density at radius 1 is 1.17 bits per heavy atom. The first kappa shape index (κ1) is 21.4. The molecule has 3 atom stereocenters. The number of hydrogen-bond acceptors (Lipinski definition) is 5. The third kappa shape index (κ3) is 2.99. The lowest BCUT2D eigenvalue weighted by molar-refractivity contribution is -0.121. The lowest BCUT2D eigenvalue weighted by Crippen LogP contribution is -2.48. The fourth-order valence-electron chi connectivity index (χ4n) is 6.06. The van der Waals surface area contributed by atoms with Gasteiger partial charge in [-0.15, -0.1) is 0 Å². The Labute approximate surface area is 201 Å². The largest absolute Gasteiger partial charge is 0.293 e. The van der Waals surface area contributed by atoms with Gasteiger partial charge in [0, 0.05) is 22.4 Å². The topological polar surface area (TPSA) is 95.3 Å². The summed E-state index contributed by atoms with van der Waals surface area (Å²) in [6, 6.07) is 14.5. The number of allylic oxidation sites excluding steroid dienone is 2. The number of H-pyrrole nitrogens is 1. The molecule has 35 heavy (non-hydrogen) atoms. The summed E-state index contributed by atoms with van der Waals surface area (Å²) in [5.74, 6) is -0.383. The molecule has 0 aliphatic heterocycles. The number of fused-ring (bicyclic) bond motifs is 4. The molecular weight excluding hydrogens is 441 g/mol. The quantitative estimate of drug-likeness (QED) is 0.452. The highest BCUT2D eigenvalue weighted by molar-refractivity contribution is 6.02. The maximum absolute atomic E-state index is 14.0. The average molecular weight is 464 g/mol. The fraction of sp³-hybridized carbons (Fsp3) is 0.250. The normalized spacial score (nSPS) is 23.4. The third-order valence-electron chi connectivity index (χ3n) is 7.63. The summed E-state index contributed by atoms with van der Waals surface area (Å²) in [7, 11) is 0. The first-order chi connectivity index (χ1) is 16.9. The standard InChI is InChI=1S/C28H22FN5O/c1-15-23-11-10-22-25(21-5-3-4-17-14-31-34-24(17)21)32-16(2)33-27(22)28(23,12-18(13-30)26(15)35)19-6-8-20(29)9-7-19/h3-9,12,14-15,23H,10-11H2,1-2H3,(H,31,34)/t15-,23-,28+/m0/s1. The van der Waals surface area contributed by atoms with Crippen molar-refractivity contribution in [3.63, 3.8) is 0 Å². The average Bonchev–Trinajstić information content (AvgIpc) is 3.35. The number of benzene rings is 2. The minimum Gasteiger partial charge on any atom is -0.293 e. The molecule has 172 valence electrons. The molecule has 0 amide bonds. The Bertz CT molecular complexity index is 1580. The van der Waals surface area contributed by atoms with E-state index in [9.17, 15) is 14.4 Å².